The summed E-state index contributed by atoms with van der Waals surface area (Å²) in [5.41, 5.74) is 3.22. The quantitative estimate of drug-likeness (QED) is 0.538. The van der Waals surface area contributed by atoms with E-state index >= 15 is 0 Å². The molecule has 2 unspecified atom stereocenters. The molecule has 4 rings (SSSR count). The molecule has 6 heteroatoms. The van der Waals surface area contributed by atoms with Crippen LogP contribution in [-0.4, -0.2) is 20.9 Å². The van der Waals surface area contributed by atoms with Gasteiger partial charge in [0.15, 0.2) is 0 Å². The van der Waals surface area contributed by atoms with Crippen molar-refractivity contribution in [2.75, 3.05) is 0 Å². The van der Waals surface area contributed by atoms with Crippen LogP contribution in [-0.2, 0) is 0 Å². The second-order valence-electron chi connectivity index (χ2n) is 7.87. The first-order valence-electron chi connectivity index (χ1n) is 9.34. The lowest BCUT2D eigenvalue weighted by Crippen LogP contribution is -2.33. The van der Waals surface area contributed by atoms with Gasteiger partial charge in [-0.25, -0.2) is 4.79 Å². The molecule has 3 aromatic rings. The van der Waals surface area contributed by atoms with Crippen LogP contribution in [0.25, 0.3) is 21.9 Å². The number of H-pyrrole nitrogens is 2. The zero-order chi connectivity index (χ0) is 19.3. The minimum atomic E-state index is -0.519. The Kier molecular flexibility index (Phi) is 4.13. The SMILES string of the molecule is CC1=CC(C)[C@H](C=Nn2c(=O)[nH]c3c([nH]c4ccc(C)cc43)c2=O)C(C)C1. The third kappa shape index (κ3) is 2.95. The standard InChI is InChI=1S/C21H24N4O2/c1-11-5-6-17-15(9-11)18-19(23-17)20(26)25(21(27)24-18)22-10-16-13(3)7-12(2)8-14(16)4/h5-7,9-10,13-14,16,23H,8H2,1-4H3,(H,24,27)/t13?,14?,16-/m0/s1. The van der Waals surface area contributed by atoms with Gasteiger partial charge in [0.05, 0.1) is 5.52 Å². The van der Waals surface area contributed by atoms with Crippen molar-refractivity contribution in [2.24, 2.45) is 22.9 Å². The number of aromatic amines is 2. The number of hydrogen-bond acceptors (Lipinski definition) is 3. The molecule has 0 saturated carbocycles. The summed E-state index contributed by atoms with van der Waals surface area (Å²) in [6.45, 7) is 8.44. The number of nitrogens with zero attached hydrogens (tertiary/aromatic N) is 2. The first-order chi connectivity index (χ1) is 12.8. The maximum atomic E-state index is 12.9. The lowest BCUT2D eigenvalue weighted by Gasteiger charge is -2.29. The van der Waals surface area contributed by atoms with E-state index in [-0.39, 0.29) is 5.92 Å². The van der Waals surface area contributed by atoms with Gasteiger partial charge in [0.1, 0.15) is 5.52 Å². The molecule has 2 heterocycles. The fourth-order valence-electron chi connectivity index (χ4n) is 4.28. The third-order valence-electron chi connectivity index (χ3n) is 5.59. The van der Waals surface area contributed by atoms with Crippen molar-refractivity contribution >= 4 is 28.2 Å². The summed E-state index contributed by atoms with van der Waals surface area (Å²) in [7, 11) is 0. The number of aromatic nitrogens is 3. The van der Waals surface area contributed by atoms with E-state index in [2.05, 4.69) is 41.9 Å². The van der Waals surface area contributed by atoms with Crippen molar-refractivity contribution < 1.29 is 0 Å². The van der Waals surface area contributed by atoms with Crippen LogP contribution >= 0.6 is 0 Å². The number of nitrogens with one attached hydrogen (secondary N) is 2. The molecule has 140 valence electrons. The van der Waals surface area contributed by atoms with Crippen molar-refractivity contribution in [3.63, 3.8) is 0 Å². The topological polar surface area (TPSA) is 83.0 Å². The van der Waals surface area contributed by atoms with Gasteiger partial charge in [0.2, 0.25) is 0 Å². The molecule has 0 aliphatic heterocycles. The van der Waals surface area contributed by atoms with Crippen molar-refractivity contribution in [2.45, 2.75) is 34.1 Å². The average Bonchev–Trinajstić information content (AvgIpc) is 2.94. The Bertz CT molecular complexity index is 1210. The number of benzene rings is 1. The molecule has 0 fully saturated rings. The van der Waals surface area contributed by atoms with Crippen LogP contribution in [0.5, 0.6) is 0 Å². The monoisotopic (exact) mass is 364 g/mol. The average molecular weight is 364 g/mol. The molecule has 1 aromatic carbocycles. The summed E-state index contributed by atoms with van der Waals surface area (Å²) < 4.78 is 0.926. The first kappa shape index (κ1) is 17.5. The molecule has 0 bridgehead atoms. The smallest absolute Gasteiger partial charge is 0.349 e. The lowest BCUT2D eigenvalue weighted by molar-refractivity contribution is 0.361. The molecule has 3 atom stereocenters. The highest BCUT2D eigenvalue weighted by atomic mass is 16.2. The molecule has 0 radical (unpaired) electrons. The number of fused-ring (bicyclic) bond motifs is 3. The summed E-state index contributed by atoms with van der Waals surface area (Å²) in [5, 5.41) is 5.12. The molecule has 0 saturated heterocycles. The van der Waals surface area contributed by atoms with Gasteiger partial charge in [-0.2, -0.15) is 5.10 Å². The van der Waals surface area contributed by atoms with Gasteiger partial charge < -0.3 is 9.97 Å². The summed E-state index contributed by atoms with van der Waals surface area (Å²) in [6, 6.07) is 5.83. The Morgan fingerprint density at radius 1 is 1.15 bits per heavy atom. The Balaban J connectivity index is 1.82. The molecule has 6 nitrogen and oxygen atoms in total. The molecule has 1 aliphatic rings. The molecule has 2 aromatic heterocycles. The maximum absolute atomic E-state index is 12.9. The van der Waals surface area contributed by atoms with Crippen LogP contribution in [0.2, 0.25) is 0 Å². The van der Waals surface area contributed by atoms with Gasteiger partial charge in [-0.3, -0.25) is 4.79 Å². The number of hydrogen-bond donors (Lipinski definition) is 2. The molecular weight excluding hydrogens is 340 g/mol. The van der Waals surface area contributed by atoms with Gasteiger partial charge in [0.25, 0.3) is 0 Å². The van der Waals surface area contributed by atoms with E-state index in [1.165, 1.54) is 5.57 Å². The van der Waals surface area contributed by atoms with Gasteiger partial charge in [-0.1, -0.05) is 37.1 Å². The van der Waals surface area contributed by atoms with E-state index in [0.29, 0.717) is 22.9 Å². The van der Waals surface area contributed by atoms with E-state index in [9.17, 15) is 9.59 Å². The van der Waals surface area contributed by atoms with Crippen molar-refractivity contribution in [3.05, 3.63) is 56.2 Å². The van der Waals surface area contributed by atoms with Gasteiger partial charge >= 0.3 is 11.2 Å². The zero-order valence-corrected chi connectivity index (χ0v) is 16.0. The Hall–Kier alpha value is -2.89. The Morgan fingerprint density at radius 2 is 1.93 bits per heavy atom. The van der Waals surface area contributed by atoms with Crippen molar-refractivity contribution in [1.29, 1.82) is 0 Å². The van der Waals surface area contributed by atoms with Crippen LogP contribution in [0.15, 0.2) is 44.5 Å². The molecule has 0 amide bonds. The maximum Gasteiger partial charge on any atom is 0.350 e. The minimum Gasteiger partial charge on any atom is -0.349 e. The van der Waals surface area contributed by atoms with E-state index in [1.54, 1.807) is 6.21 Å². The van der Waals surface area contributed by atoms with Gasteiger partial charge in [-0.15, -0.1) is 4.68 Å². The van der Waals surface area contributed by atoms with Gasteiger partial charge in [0, 0.05) is 23.0 Å². The molecule has 2 N–H and O–H groups in total. The predicted octanol–water partition coefficient (Wildman–Crippen LogP) is 3.55. The van der Waals surface area contributed by atoms with E-state index < -0.39 is 11.2 Å². The van der Waals surface area contributed by atoms with Crippen LogP contribution in [0.4, 0.5) is 0 Å². The summed E-state index contributed by atoms with van der Waals surface area (Å²) in [5.74, 6) is 0.941. The van der Waals surface area contributed by atoms with Crippen LogP contribution in [0.1, 0.15) is 32.8 Å². The highest BCUT2D eigenvalue weighted by Gasteiger charge is 2.25. The summed E-state index contributed by atoms with van der Waals surface area (Å²) in [4.78, 5) is 31.3. The zero-order valence-electron chi connectivity index (χ0n) is 16.0. The second kappa shape index (κ2) is 6.37. The highest BCUT2D eigenvalue weighted by Crippen LogP contribution is 2.32. The van der Waals surface area contributed by atoms with Crippen LogP contribution in [0, 0.1) is 24.7 Å². The number of aryl methyl sites for hydroxylation is 1. The van der Waals surface area contributed by atoms with Crippen molar-refractivity contribution in [1.82, 2.24) is 14.6 Å². The van der Waals surface area contributed by atoms with Crippen LogP contribution < -0.4 is 11.2 Å². The summed E-state index contributed by atoms with van der Waals surface area (Å²) in [6.07, 6.45) is 5.01. The van der Waals surface area contributed by atoms with E-state index in [0.717, 1.165) is 27.6 Å². The highest BCUT2D eigenvalue weighted by molar-refractivity contribution is 6.04. The van der Waals surface area contributed by atoms with Gasteiger partial charge in [-0.05, 0) is 44.2 Å². The predicted molar refractivity (Wildman–Crippen MR) is 110 cm³/mol. The number of allylic oxidation sites excluding steroid dienone is 2. The molecular formula is C21H24N4O2. The van der Waals surface area contributed by atoms with Crippen molar-refractivity contribution in [3.8, 4) is 0 Å². The fraction of sp³-hybridized carbons (Fsp3) is 0.381. The fourth-order valence-corrected chi connectivity index (χ4v) is 4.28. The lowest BCUT2D eigenvalue weighted by atomic mass is 9.76. The van der Waals surface area contributed by atoms with E-state index in [4.69, 9.17) is 0 Å². The van der Waals surface area contributed by atoms with Crippen LogP contribution in [0.3, 0.4) is 0 Å². The molecule has 27 heavy (non-hydrogen) atoms. The summed E-state index contributed by atoms with van der Waals surface area (Å²) >= 11 is 0. The minimum absolute atomic E-state index is 0.195. The normalized spacial score (nSPS) is 23.4. The van der Waals surface area contributed by atoms with E-state index in [1.807, 2.05) is 25.1 Å². The third-order valence-corrected chi connectivity index (χ3v) is 5.59. The molecule has 1 aliphatic carbocycles. The first-order valence-corrected chi connectivity index (χ1v) is 9.34. The largest absolute Gasteiger partial charge is 0.350 e. The Labute approximate surface area is 156 Å². The molecule has 0 spiro atoms. The number of rotatable bonds is 2. The second-order valence-corrected chi connectivity index (χ2v) is 7.87. The Morgan fingerprint density at radius 3 is 2.67 bits per heavy atom.